The number of hydrogen-bond donors (Lipinski definition) is 4. The number of aromatic amines is 1. The SMILES string of the molecule is CN1CCC(OC(=O)C(O)(c2ccccc2)c2cccc(-c3ccc(CNC(=O)c4ccc(CN(C[C@H](O[Si](C)(C)C(C)(C)C)c5ccc(O)c6[nH]c(=O)ccc56)C(=O)OC(C)(C)C)cc4)s3)c2)CC1. The second-order valence-corrected chi connectivity index (χ2v) is 26.6. The van der Waals surface area contributed by atoms with E-state index in [1.807, 2.05) is 76.3 Å². The maximum Gasteiger partial charge on any atom is 0.410 e. The first-order valence-electron chi connectivity index (χ1n) is 23.8. The number of phenols is 1. The van der Waals surface area contributed by atoms with E-state index in [4.69, 9.17) is 13.9 Å². The molecule has 1 unspecified atom stereocenters. The number of ether oxygens (including phenoxy) is 2. The van der Waals surface area contributed by atoms with Crippen LogP contribution in [0.3, 0.4) is 0 Å². The fraction of sp³-hybridized carbons (Fsp3) is 0.382. The predicted octanol–water partition coefficient (Wildman–Crippen LogP) is 10.3. The molecule has 0 aliphatic carbocycles. The van der Waals surface area contributed by atoms with Crippen LogP contribution >= 0.6 is 11.3 Å². The Kier molecular flexibility index (Phi) is 15.6. The monoisotopic (exact) mass is 986 g/mol. The number of likely N-dealkylation sites (tertiary alicyclic amines) is 1. The van der Waals surface area contributed by atoms with Crippen molar-refractivity contribution in [3.63, 3.8) is 0 Å². The van der Waals surface area contributed by atoms with E-state index in [1.165, 1.54) is 23.5 Å². The van der Waals surface area contributed by atoms with Crippen LogP contribution in [-0.4, -0.2) is 89.7 Å². The summed E-state index contributed by atoms with van der Waals surface area (Å²) in [6, 6.07) is 33.5. The molecule has 7 rings (SSSR count). The fourth-order valence-electron chi connectivity index (χ4n) is 8.20. The molecule has 1 aliphatic rings. The Morgan fingerprint density at radius 1 is 0.871 bits per heavy atom. The zero-order valence-corrected chi connectivity index (χ0v) is 43.4. The van der Waals surface area contributed by atoms with Crippen molar-refractivity contribution >= 4 is 48.5 Å². The minimum atomic E-state index is -2.49. The van der Waals surface area contributed by atoms with Gasteiger partial charge in [0.25, 0.3) is 5.91 Å². The van der Waals surface area contributed by atoms with Gasteiger partial charge in [-0.15, -0.1) is 11.3 Å². The number of aromatic hydroxyl groups is 1. The number of pyridine rings is 1. The quantitative estimate of drug-likeness (QED) is 0.0574. The number of carbonyl (C=O) groups is 3. The fourth-order valence-corrected chi connectivity index (χ4v) is 10.4. The molecule has 1 saturated heterocycles. The van der Waals surface area contributed by atoms with Crippen LogP contribution in [0.5, 0.6) is 5.75 Å². The van der Waals surface area contributed by atoms with Gasteiger partial charge in [0, 0.05) is 52.0 Å². The Balaban J connectivity index is 1.06. The third kappa shape index (κ3) is 12.2. The number of phenolic OH excluding ortho intramolecular Hbond substituents is 1. The molecule has 4 aromatic carbocycles. The molecular weight excluding hydrogens is 921 g/mol. The lowest BCUT2D eigenvalue weighted by atomic mass is 9.85. The summed E-state index contributed by atoms with van der Waals surface area (Å²) in [7, 11) is -0.447. The van der Waals surface area contributed by atoms with Crippen molar-refractivity contribution in [2.75, 3.05) is 26.7 Å². The van der Waals surface area contributed by atoms with Crippen LogP contribution in [0.15, 0.2) is 120 Å². The molecule has 0 bridgehead atoms. The predicted molar refractivity (Wildman–Crippen MR) is 277 cm³/mol. The average Bonchev–Trinajstić information content (AvgIpc) is 3.80. The number of hydrogen-bond acceptors (Lipinski definition) is 11. The van der Waals surface area contributed by atoms with E-state index >= 15 is 0 Å². The minimum Gasteiger partial charge on any atom is -0.506 e. The van der Waals surface area contributed by atoms with Gasteiger partial charge in [0.1, 0.15) is 17.5 Å². The number of aromatic nitrogens is 1. The molecule has 0 saturated carbocycles. The van der Waals surface area contributed by atoms with Gasteiger partial charge in [-0.3, -0.25) is 9.59 Å². The molecule has 1 aliphatic heterocycles. The Bertz CT molecular complexity index is 2860. The van der Waals surface area contributed by atoms with Crippen molar-refractivity contribution in [2.45, 2.75) is 109 Å². The topological polar surface area (TPSA) is 171 Å². The highest BCUT2D eigenvalue weighted by Gasteiger charge is 2.44. The van der Waals surface area contributed by atoms with E-state index in [1.54, 1.807) is 59.5 Å². The number of piperidine rings is 1. The molecule has 0 radical (unpaired) electrons. The van der Waals surface area contributed by atoms with Gasteiger partial charge in [-0.25, -0.2) is 9.59 Å². The molecular formula is C55H66N4O9SSi. The van der Waals surface area contributed by atoms with E-state index in [0.717, 1.165) is 34.0 Å². The second-order valence-electron chi connectivity index (χ2n) is 20.7. The highest BCUT2D eigenvalue weighted by atomic mass is 32.1. The van der Waals surface area contributed by atoms with Crippen molar-refractivity contribution in [3.8, 4) is 16.2 Å². The Hall–Kier alpha value is -6.10. The Morgan fingerprint density at radius 3 is 2.23 bits per heavy atom. The van der Waals surface area contributed by atoms with Gasteiger partial charge in [-0.05, 0) is 124 Å². The van der Waals surface area contributed by atoms with Crippen molar-refractivity contribution < 1.29 is 38.5 Å². The summed E-state index contributed by atoms with van der Waals surface area (Å²) in [5.41, 5.74) is 0.652. The third-order valence-electron chi connectivity index (χ3n) is 13.2. The normalized spacial score (nSPS) is 15.2. The molecule has 70 heavy (non-hydrogen) atoms. The van der Waals surface area contributed by atoms with Gasteiger partial charge < -0.3 is 44.2 Å². The molecule has 13 nitrogen and oxygen atoms in total. The second kappa shape index (κ2) is 21.1. The Labute approximate surface area is 415 Å². The molecule has 2 aromatic heterocycles. The molecule has 0 spiro atoms. The van der Waals surface area contributed by atoms with E-state index < -0.39 is 37.7 Å². The number of esters is 1. The van der Waals surface area contributed by atoms with Gasteiger partial charge in [-0.2, -0.15) is 0 Å². The van der Waals surface area contributed by atoms with Crippen molar-refractivity contribution in [2.24, 2.45) is 0 Å². The molecule has 2 atom stereocenters. The highest BCUT2D eigenvalue weighted by molar-refractivity contribution is 7.15. The first-order valence-corrected chi connectivity index (χ1v) is 27.5. The molecule has 3 heterocycles. The highest BCUT2D eigenvalue weighted by Crippen LogP contribution is 2.42. The summed E-state index contributed by atoms with van der Waals surface area (Å²) < 4.78 is 19.0. The minimum absolute atomic E-state index is 0.0739. The average molecular weight is 987 g/mol. The zero-order valence-electron chi connectivity index (χ0n) is 41.6. The lowest BCUT2D eigenvalue weighted by Gasteiger charge is -2.41. The van der Waals surface area contributed by atoms with Gasteiger partial charge in [0.2, 0.25) is 11.2 Å². The summed E-state index contributed by atoms with van der Waals surface area (Å²) in [4.78, 5) is 62.2. The molecule has 2 amide bonds. The van der Waals surface area contributed by atoms with E-state index in [0.29, 0.717) is 40.5 Å². The summed E-state index contributed by atoms with van der Waals surface area (Å²) in [5.74, 6) is -1.05. The van der Waals surface area contributed by atoms with Crippen LogP contribution in [0.2, 0.25) is 18.1 Å². The molecule has 15 heteroatoms. The van der Waals surface area contributed by atoms with Crippen LogP contribution in [-0.2, 0) is 37.4 Å². The van der Waals surface area contributed by atoms with E-state index in [9.17, 15) is 29.4 Å². The van der Waals surface area contributed by atoms with Gasteiger partial charge in [-0.1, -0.05) is 87.5 Å². The van der Waals surface area contributed by atoms with Crippen LogP contribution in [0.4, 0.5) is 4.79 Å². The summed E-state index contributed by atoms with van der Waals surface area (Å²) in [5, 5.41) is 26.5. The number of H-pyrrole nitrogens is 1. The smallest absolute Gasteiger partial charge is 0.410 e. The number of amides is 2. The van der Waals surface area contributed by atoms with Crippen LogP contribution < -0.4 is 10.9 Å². The van der Waals surface area contributed by atoms with Gasteiger partial charge >= 0.3 is 12.1 Å². The molecule has 1 fully saturated rings. The summed E-state index contributed by atoms with van der Waals surface area (Å²) >= 11 is 1.50. The first-order chi connectivity index (χ1) is 33.0. The molecule has 6 aromatic rings. The molecule has 4 N–H and O–H groups in total. The standard InChI is InChI=1S/C55H66N4O9SSi/c1-53(2,3)67-52(64)59(35-46(68-70(8,9)54(4,5)6)43-23-25-45(60)49-44(43)24-27-48(61)57-49)34-36-18-20-37(21-19-36)50(62)56-33-42-22-26-47(69-42)38-14-13-17-40(32-38)55(65,39-15-11-10-12-16-39)51(63)66-41-28-30-58(7)31-29-41/h10-27,32,41,46,60,65H,28-31,33-35H2,1-9H3,(H,56,62)(H,57,61)/t46-,55?/m0/s1. The Morgan fingerprint density at radius 2 is 1.56 bits per heavy atom. The van der Waals surface area contributed by atoms with Crippen LogP contribution in [0.25, 0.3) is 21.3 Å². The summed E-state index contributed by atoms with van der Waals surface area (Å²) in [6.07, 6.45) is -0.0922. The third-order valence-corrected chi connectivity index (χ3v) is 18.8. The molecule has 370 valence electrons. The van der Waals surface area contributed by atoms with Crippen LogP contribution in [0, 0.1) is 0 Å². The number of aliphatic hydroxyl groups is 1. The number of fused-ring (bicyclic) bond motifs is 1. The number of thiophene rings is 1. The lowest BCUT2D eigenvalue weighted by molar-refractivity contribution is -0.169. The van der Waals surface area contributed by atoms with Crippen LogP contribution in [0.1, 0.15) is 98.0 Å². The number of nitrogens with one attached hydrogen (secondary N) is 2. The number of benzene rings is 4. The number of nitrogens with zero attached hydrogens (tertiary/aromatic N) is 2. The zero-order chi connectivity index (χ0) is 50.6. The van der Waals surface area contributed by atoms with E-state index in [-0.39, 0.29) is 53.5 Å². The van der Waals surface area contributed by atoms with Crippen molar-refractivity contribution in [1.29, 1.82) is 0 Å². The van der Waals surface area contributed by atoms with Gasteiger partial charge in [0.05, 0.1) is 24.7 Å². The lowest BCUT2D eigenvalue weighted by Crippen LogP contribution is -2.45. The summed E-state index contributed by atoms with van der Waals surface area (Å²) in [6.45, 7) is 18.2. The maximum absolute atomic E-state index is 14.0. The van der Waals surface area contributed by atoms with Gasteiger partial charge in [0.15, 0.2) is 8.32 Å². The maximum atomic E-state index is 14.0. The van der Waals surface area contributed by atoms with Crippen molar-refractivity contribution in [3.05, 3.63) is 158 Å². The first kappa shape index (κ1) is 51.7. The number of rotatable bonds is 15. The van der Waals surface area contributed by atoms with Crippen molar-refractivity contribution in [1.82, 2.24) is 20.1 Å². The number of carbonyl (C=O) groups excluding carboxylic acids is 3. The van der Waals surface area contributed by atoms with E-state index in [2.05, 4.69) is 49.1 Å². The largest absolute Gasteiger partial charge is 0.506 e.